The molecule has 1 N–H and O–H groups in total. The van der Waals surface area contributed by atoms with Gasteiger partial charge in [0.2, 0.25) is 23.4 Å². The monoisotopic (exact) mass is 363 g/mol. The van der Waals surface area contributed by atoms with Crippen LogP contribution in [0.25, 0.3) is 11.4 Å². The van der Waals surface area contributed by atoms with Crippen molar-refractivity contribution in [2.45, 2.75) is 32.6 Å². The fourth-order valence-corrected chi connectivity index (χ4v) is 2.44. The van der Waals surface area contributed by atoms with E-state index in [1.54, 1.807) is 33.5 Å². The highest BCUT2D eigenvalue weighted by Gasteiger charge is 2.17. The van der Waals surface area contributed by atoms with Gasteiger partial charge in [0, 0.05) is 24.9 Å². The Morgan fingerprint density at radius 2 is 1.85 bits per heavy atom. The summed E-state index contributed by atoms with van der Waals surface area (Å²) in [5.41, 5.74) is 0.690. The highest BCUT2D eigenvalue weighted by atomic mass is 16.5. The van der Waals surface area contributed by atoms with E-state index in [9.17, 15) is 4.79 Å². The molecule has 1 amide bonds. The third-order valence-electron chi connectivity index (χ3n) is 3.76. The van der Waals surface area contributed by atoms with Crippen molar-refractivity contribution in [2.24, 2.45) is 0 Å². The van der Waals surface area contributed by atoms with Gasteiger partial charge in [-0.3, -0.25) is 4.79 Å². The first-order chi connectivity index (χ1) is 12.6. The molecule has 0 bridgehead atoms. The maximum absolute atomic E-state index is 11.6. The Hall–Kier alpha value is -2.77. The average molecular weight is 363 g/mol. The molecule has 0 atom stereocenters. The highest BCUT2D eigenvalue weighted by Crippen LogP contribution is 2.40. The Kier molecular flexibility index (Phi) is 7.25. The van der Waals surface area contributed by atoms with Crippen LogP contribution in [0, 0.1) is 0 Å². The van der Waals surface area contributed by atoms with Gasteiger partial charge in [-0.05, 0) is 25.0 Å². The van der Waals surface area contributed by atoms with Crippen LogP contribution >= 0.6 is 0 Å². The summed E-state index contributed by atoms with van der Waals surface area (Å²) in [4.78, 5) is 16.0. The molecule has 8 nitrogen and oxygen atoms in total. The van der Waals surface area contributed by atoms with Crippen molar-refractivity contribution in [2.75, 3.05) is 27.9 Å². The van der Waals surface area contributed by atoms with Crippen molar-refractivity contribution in [3.8, 4) is 28.6 Å². The lowest BCUT2D eigenvalue weighted by Crippen LogP contribution is -2.23. The van der Waals surface area contributed by atoms with Gasteiger partial charge in [0.15, 0.2) is 11.5 Å². The molecule has 0 unspecified atom stereocenters. The van der Waals surface area contributed by atoms with Gasteiger partial charge in [-0.1, -0.05) is 12.1 Å². The zero-order valence-corrected chi connectivity index (χ0v) is 15.6. The van der Waals surface area contributed by atoms with Crippen LogP contribution < -0.4 is 19.5 Å². The molecular formula is C18H25N3O5. The van der Waals surface area contributed by atoms with Crippen LogP contribution in [-0.4, -0.2) is 43.9 Å². The first-order valence-corrected chi connectivity index (χ1v) is 8.52. The van der Waals surface area contributed by atoms with Crippen molar-refractivity contribution in [3.05, 3.63) is 18.0 Å². The van der Waals surface area contributed by atoms with Gasteiger partial charge in [-0.15, -0.1) is 0 Å². The molecule has 2 aromatic rings. The van der Waals surface area contributed by atoms with Crippen molar-refractivity contribution in [1.82, 2.24) is 15.5 Å². The van der Waals surface area contributed by atoms with Gasteiger partial charge in [0.1, 0.15) is 0 Å². The van der Waals surface area contributed by atoms with E-state index in [0.29, 0.717) is 60.3 Å². The first-order valence-electron chi connectivity index (χ1n) is 8.52. The van der Waals surface area contributed by atoms with E-state index in [0.717, 1.165) is 6.42 Å². The number of aryl methyl sites for hydroxylation is 1. The highest BCUT2D eigenvalue weighted by molar-refractivity contribution is 5.75. The number of carbonyl (C=O) groups is 1. The van der Waals surface area contributed by atoms with Crippen LogP contribution in [0.15, 0.2) is 16.7 Å². The molecule has 0 radical (unpaired) electrons. The van der Waals surface area contributed by atoms with Gasteiger partial charge >= 0.3 is 0 Å². The Labute approximate surface area is 152 Å². The number of benzene rings is 1. The molecule has 0 aliphatic carbocycles. The number of amides is 1. The Balaban J connectivity index is 2.06. The second kappa shape index (κ2) is 9.65. The summed E-state index contributed by atoms with van der Waals surface area (Å²) in [5.74, 6) is 2.48. The molecule has 0 aliphatic rings. The molecule has 1 aromatic heterocycles. The number of hydrogen-bond acceptors (Lipinski definition) is 7. The lowest BCUT2D eigenvalue weighted by molar-refractivity contribution is -0.121. The number of carbonyl (C=O) groups excluding carboxylic acids is 1. The number of methoxy groups -OCH3 is 3. The van der Waals surface area contributed by atoms with E-state index in [1.165, 1.54) is 0 Å². The molecular weight excluding hydrogens is 338 g/mol. The third kappa shape index (κ3) is 4.87. The van der Waals surface area contributed by atoms with Crippen molar-refractivity contribution in [3.63, 3.8) is 0 Å². The summed E-state index contributed by atoms with van der Waals surface area (Å²) in [5, 5.41) is 6.84. The second-order valence-electron chi connectivity index (χ2n) is 5.63. The molecule has 1 heterocycles. The van der Waals surface area contributed by atoms with Gasteiger partial charge in [0.05, 0.1) is 21.3 Å². The fourth-order valence-electron chi connectivity index (χ4n) is 2.44. The number of nitrogens with one attached hydrogen (secondary N) is 1. The minimum absolute atomic E-state index is 0.0382. The molecule has 0 fully saturated rings. The average Bonchev–Trinajstić information content (AvgIpc) is 3.13. The Morgan fingerprint density at radius 1 is 1.15 bits per heavy atom. The van der Waals surface area contributed by atoms with E-state index in [1.807, 2.05) is 6.92 Å². The van der Waals surface area contributed by atoms with Crippen LogP contribution in [0.2, 0.25) is 0 Å². The predicted octanol–water partition coefficient (Wildman–Crippen LogP) is 2.61. The lowest BCUT2D eigenvalue weighted by Gasteiger charge is -2.12. The maximum atomic E-state index is 11.6. The fraction of sp³-hybridized carbons (Fsp3) is 0.500. The summed E-state index contributed by atoms with van der Waals surface area (Å²) in [6.07, 6.45) is 2.54. The molecule has 26 heavy (non-hydrogen) atoms. The van der Waals surface area contributed by atoms with Crippen LogP contribution in [0.4, 0.5) is 0 Å². The van der Waals surface area contributed by atoms with Gasteiger partial charge in [-0.25, -0.2) is 0 Å². The molecule has 0 saturated heterocycles. The van der Waals surface area contributed by atoms with Gasteiger partial charge in [0.25, 0.3) is 0 Å². The SMILES string of the molecule is CCCNC(=O)CCCc1nc(-c2cc(OC)c(OC)c(OC)c2)no1. The summed E-state index contributed by atoms with van der Waals surface area (Å²) < 4.78 is 21.3. The van der Waals surface area contributed by atoms with E-state index < -0.39 is 0 Å². The lowest BCUT2D eigenvalue weighted by atomic mass is 10.1. The Morgan fingerprint density at radius 3 is 2.42 bits per heavy atom. The van der Waals surface area contributed by atoms with Crippen molar-refractivity contribution >= 4 is 5.91 Å². The zero-order chi connectivity index (χ0) is 18.9. The quantitative estimate of drug-likeness (QED) is 0.693. The molecule has 0 aliphatic heterocycles. The number of ether oxygens (including phenoxy) is 3. The molecule has 2 rings (SSSR count). The smallest absolute Gasteiger partial charge is 0.226 e. The summed E-state index contributed by atoms with van der Waals surface area (Å²) in [7, 11) is 4.64. The number of aromatic nitrogens is 2. The van der Waals surface area contributed by atoms with Gasteiger partial charge in [-0.2, -0.15) is 4.98 Å². The molecule has 8 heteroatoms. The van der Waals surface area contributed by atoms with Crippen molar-refractivity contribution < 1.29 is 23.5 Å². The van der Waals surface area contributed by atoms with Crippen molar-refractivity contribution in [1.29, 1.82) is 0 Å². The summed E-state index contributed by atoms with van der Waals surface area (Å²) >= 11 is 0. The van der Waals surface area contributed by atoms with Crippen LogP contribution in [0.5, 0.6) is 17.2 Å². The maximum Gasteiger partial charge on any atom is 0.226 e. The number of rotatable bonds is 10. The minimum Gasteiger partial charge on any atom is -0.493 e. The molecule has 0 spiro atoms. The third-order valence-corrected chi connectivity index (χ3v) is 3.76. The van der Waals surface area contributed by atoms with Gasteiger partial charge < -0.3 is 24.1 Å². The predicted molar refractivity (Wildman–Crippen MR) is 95.6 cm³/mol. The largest absolute Gasteiger partial charge is 0.493 e. The molecule has 0 saturated carbocycles. The topological polar surface area (TPSA) is 95.7 Å². The summed E-state index contributed by atoms with van der Waals surface area (Å²) in [6, 6.07) is 3.52. The first kappa shape index (κ1) is 19.6. The number of nitrogens with zero attached hydrogens (tertiary/aromatic N) is 2. The van der Waals surface area contributed by atoms with Crippen LogP contribution in [0.3, 0.4) is 0 Å². The van der Waals surface area contributed by atoms with E-state index in [4.69, 9.17) is 18.7 Å². The van der Waals surface area contributed by atoms with Crippen LogP contribution in [-0.2, 0) is 11.2 Å². The van der Waals surface area contributed by atoms with E-state index in [-0.39, 0.29) is 5.91 Å². The van der Waals surface area contributed by atoms with Crippen LogP contribution in [0.1, 0.15) is 32.1 Å². The zero-order valence-electron chi connectivity index (χ0n) is 15.6. The standard InChI is InChI=1S/C18H25N3O5/c1-5-9-19-15(22)7-6-8-16-20-18(21-26-16)12-10-13(23-2)17(25-4)14(11-12)24-3/h10-11H,5-9H2,1-4H3,(H,19,22). The van der Waals surface area contributed by atoms with E-state index >= 15 is 0 Å². The summed E-state index contributed by atoms with van der Waals surface area (Å²) in [6.45, 7) is 2.72. The number of hydrogen-bond donors (Lipinski definition) is 1. The second-order valence-corrected chi connectivity index (χ2v) is 5.63. The molecule has 142 valence electrons. The Bertz CT molecular complexity index is 704. The minimum atomic E-state index is 0.0382. The van der Waals surface area contributed by atoms with E-state index in [2.05, 4.69) is 15.5 Å². The molecule has 1 aromatic carbocycles. The normalized spacial score (nSPS) is 10.5.